The van der Waals surface area contributed by atoms with Crippen LogP contribution >= 0.6 is 0 Å². The molecule has 0 amide bonds. The third-order valence-corrected chi connectivity index (χ3v) is 6.86. The number of hydrogen-bond donors (Lipinski definition) is 0. The second-order valence-electron chi connectivity index (χ2n) is 8.60. The van der Waals surface area contributed by atoms with E-state index in [0.717, 1.165) is 33.8 Å². The lowest BCUT2D eigenvalue weighted by atomic mass is 9.95. The van der Waals surface area contributed by atoms with Crippen molar-refractivity contribution in [3.63, 3.8) is 0 Å². The lowest BCUT2D eigenvalue weighted by Crippen LogP contribution is -2.48. The molecule has 1 aliphatic carbocycles. The summed E-state index contributed by atoms with van der Waals surface area (Å²) in [6.07, 6.45) is 5.14. The molecule has 3 aromatic rings. The molecule has 0 unspecified atom stereocenters. The Morgan fingerprint density at radius 2 is 1.73 bits per heavy atom. The van der Waals surface area contributed by atoms with Crippen LogP contribution in [0.25, 0.3) is 22.4 Å². The summed E-state index contributed by atoms with van der Waals surface area (Å²) in [4.78, 5) is 4.85. The normalized spacial score (nSPS) is 19.4. The molecule has 0 saturated heterocycles. The summed E-state index contributed by atoms with van der Waals surface area (Å²) in [6.45, 7) is 8.68. The maximum absolute atomic E-state index is 5.65. The average molecular weight is 400 g/mol. The standard InChI is InChI=1S/C26H29N3O/c1-17-18(2)29(22-12-8-9-13-22)24-16-21(14-15-23(24)28(17)4)25-19(3)30-27-26(25)20-10-6-5-7-11-20/h5-7,10-11,14-16,18,22H,1,8-9,12-13H2,2-4H3/t18-/m1/s1. The Morgan fingerprint density at radius 3 is 2.47 bits per heavy atom. The fourth-order valence-corrected chi connectivity index (χ4v) is 5.17. The molecule has 0 radical (unpaired) electrons. The van der Waals surface area contributed by atoms with Crippen LogP contribution in [0.1, 0.15) is 38.4 Å². The highest BCUT2D eigenvalue weighted by molar-refractivity contribution is 5.88. The van der Waals surface area contributed by atoms with Gasteiger partial charge in [-0.3, -0.25) is 0 Å². The van der Waals surface area contributed by atoms with Crippen LogP contribution in [0.5, 0.6) is 0 Å². The molecule has 1 fully saturated rings. The Labute approximate surface area is 178 Å². The number of likely N-dealkylation sites (N-methyl/N-ethyl adjacent to an activating group) is 1. The molecule has 1 saturated carbocycles. The molecule has 2 aliphatic rings. The molecule has 4 heteroatoms. The summed E-state index contributed by atoms with van der Waals surface area (Å²) in [5, 5.41) is 4.40. The number of aromatic nitrogens is 1. The minimum atomic E-state index is 0.290. The minimum absolute atomic E-state index is 0.290. The van der Waals surface area contributed by atoms with E-state index in [-0.39, 0.29) is 6.04 Å². The second-order valence-corrected chi connectivity index (χ2v) is 8.60. The maximum Gasteiger partial charge on any atom is 0.142 e. The van der Waals surface area contributed by atoms with Crippen molar-refractivity contribution in [2.45, 2.75) is 51.6 Å². The van der Waals surface area contributed by atoms with Gasteiger partial charge in [0.05, 0.1) is 23.0 Å². The molecule has 0 bridgehead atoms. The first-order chi connectivity index (χ1) is 14.6. The topological polar surface area (TPSA) is 32.5 Å². The first-order valence-electron chi connectivity index (χ1n) is 10.9. The molecule has 0 spiro atoms. The lowest BCUT2D eigenvalue weighted by Gasteiger charge is -2.46. The Kier molecular flexibility index (Phi) is 4.65. The zero-order valence-corrected chi connectivity index (χ0v) is 18.1. The molecular weight excluding hydrogens is 370 g/mol. The number of aryl methyl sites for hydroxylation is 1. The number of hydrogen-bond acceptors (Lipinski definition) is 4. The molecular formula is C26H29N3O. The fourth-order valence-electron chi connectivity index (χ4n) is 5.17. The summed E-state index contributed by atoms with van der Waals surface area (Å²) in [5.74, 6) is 0.850. The van der Waals surface area contributed by atoms with E-state index in [9.17, 15) is 0 Å². The minimum Gasteiger partial charge on any atom is -0.360 e. The monoisotopic (exact) mass is 399 g/mol. The van der Waals surface area contributed by atoms with E-state index in [0.29, 0.717) is 6.04 Å². The van der Waals surface area contributed by atoms with Crippen molar-refractivity contribution in [1.82, 2.24) is 5.16 Å². The third-order valence-electron chi connectivity index (χ3n) is 6.86. The van der Waals surface area contributed by atoms with Crippen molar-refractivity contribution in [2.24, 2.45) is 0 Å². The van der Waals surface area contributed by atoms with Crippen molar-refractivity contribution in [2.75, 3.05) is 16.8 Å². The lowest BCUT2D eigenvalue weighted by molar-refractivity contribution is 0.400. The van der Waals surface area contributed by atoms with Crippen LogP contribution in [0, 0.1) is 6.92 Å². The molecule has 1 aliphatic heterocycles. The summed E-state index contributed by atoms with van der Waals surface area (Å²) >= 11 is 0. The quantitative estimate of drug-likeness (QED) is 0.509. The van der Waals surface area contributed by atoms with Crippen LogP contribution in [0.4, 0.5) is 11.4 Å². The molecule has 0 N–H and O–H groups in total. The van der Waals surface area contributed by atoms with Gasteiger partial charge in [0.15, 0.2) is 0 Å². The van der Waals surface area contributed by atoms with Crippen LogP contribution in [-0.2, 0) is 0 Å². The number of fused-ring (bicyclic) bond motifs is 1. The number of rotatable bonds is 3. The molecule has 154 valence electrons. The van der Waals surface area contributed by atoms with Gasteiger partial charge in [-0.2, -0.15) is 0 Å². The summed E-state index contributed by atoms with van der Waals surface area (Å²) in [7, 11) is 2.13. The van der Waals surface area contributed by atoms with E-state index in [1.807, 2.05) is 25.1 Å². The highest BCUT2D eigenvalue weighted by atomic mass is 16.5. The van der Waals surface area contributed by atoms with E-state index >= 15 is 0 Å². The van der Waals surface area contributed by atoms with Crippen LogP contribution in [-0.4, -0.2) is 24.3 Å². The first kappa shape index (κ1) is 19.0. The van der Waals surface area contributed by atoms with Crippen LogP contribution < -0.4 is 9.80 Å². The van der Waals surface area contributed by atoms with Gasteiger partial charge in [-0.15, -0.1) is 0 Å². The highest BCUT2D eigenvalue weighted by Crippen LogP contribution is 2.45. The van der Waals surface area contributed by atoms with Gasteiger partial charge in [0, 0.05) is 24.4 Å². The first-order valence-corrected chi connectivity index (χ1v) is 10.9. The Bertz CT molecular complexity index is 1080. The van der Waals surface area contributed by atoms with Crippen LogP contribution in [0.2, 0.25) is 0 Å². The van der Waals surface area contributed by atoms with Crippen molar-refractivity contribution < 1.29 is 4.52 Å². The van der Waals surface area contributed by atoms with E-state index in [1.54, 1.807) is 0 Å². The van der Waals surface area contributed by atoms with Crippen molar-refractivity contribution >= 4 is 11.4 Å². The van der Waals surface area contributed by atoms with E-state index < -0.39 is 0 Å². The second kappa shape index (κ2) is 7.35. The van der Waals surface area contributed by atoms with E-state index in [1.165, 1.54) is 37.1 Å². The molecule has 30 heavy (non-hydrogen) atoms. The van der Waals surface area contributed by atoms with Gasteiger partial charge < -0.3 is 14.3 Å². The molecule has 4 nitrogen and oxygen atoms in total. The smallest absolute Gasteiger partial charge is 0.142 e. The summed E-state index contributed by atoms with van der Waals surface area (Å²) < 4.78 is 5.65. The van der Waals surface area contributed by atoms with Crippen LogP contribution in [0.15, 0.2) is 65.3 Å². The molecule has 2 aromatic carbocycles. The number of anilines is 2. The van der Waals surface area contributed by atoms with Gasteiger partial charge in [0.2, 0.25) is 0 Å². The van der Waals surface area contributed by atoms with Gasteiger partial charge in [-0.25, -0.2) is 0 Å². The summed E-state index contributed by atoms with van der Waals surface area (Å²) in [5.41, 5.74) is 7.90. The van der Waals surface area contributed by atoms with Gasteiger partial charge in [0.25, 0.3) is 0 Å². The average Bonchev–Trinajstić information content (AvgIpc) is 3.43. The molecule has 1 aromatic heterocycles. The molecule has 2 heterocycles. The predicted octanol–water partition coefficient (Wildman–Crippen LogP) is 6.42. The zero-order valence-electron chi connectivity index (χ0n) is 18.1. The third kappa shape index (κ3) is 2.94. The number of benzene rings is 2. The fraction of sp³-hybridized carbons (Fsp3) is 0.346. The molecule has 1 atom stereocenters. The predicted molar refractivity (Wildman–Crippen MR) is 124 cm³/mol. The largest absolute Gasteiger partial charge is 0.360 e. The van der Waals surface area contributed by atoms with E-state index in [4.69, 9.17) is 4.52 Å². The van der Waals surface area contributed by atoms with Crippen molar-refractivity contribution in [3.8, 4) is 22.4 Å². The summed E-state index contributed by atoms with van der Waals surface area (Å²) in [6, 6.07) is 17.9. The Balaban J connectivity index is 1.66. The highest BCUT2D eigenvalue weighted by Gasteiger charge is 2.35. The SMILES string of the molecule is C=C1[C@@H](C)N(C2CCCC2)c2cc(-c3c(-c4ccccc4)noc3C)ccc2N1C. The molecule has 5 rings (SSSR count). The van der Waals surface area contributed by atoms with Crippen molar-refractivity contribution in [3.05, 3.63) is 66.6 Å². The van der Waals surface area contributed by atoms with Gasteiger partial charge in [-0.05, 0) is 44.4 Å². The van der Waals surface area contributed by atoms with Crippen LogP contribution in [0.3, 0.4) is 0 Å². The maximum atomic E-state index is 5.65. The Hall–Kier alpha value is -3.01. The Morgan fingerprint density at radius 1 is 1.00 bits per heavy atom. The van der Waals surface area contributed by atoms with Gasteiger partial charge in [-0.1, -0.05) is 61.0 Å². The number of nitrogens with zero attached hydrogens (tertiary/aromatic N) is 3. The zero-order chi connectivity index (χ0) is 20.8. The van der Waals surface area contributed by atoms with Gasteiger partial charge >= 0.3 is 0 Å². The van der Waals surface area contributed by atoms with Crippen molar-refractivity contribution in [1.29, 1.82) is 0 Å². The van der Waals surface area contributed by atoms with E-state index in [2.05, 4.69) is 65.8 Å². The van der Waals surface area contributed by atoms with Gasteiger partial charge in [0.1, 0.15) is 11.5 Å².